The number of carboxylic acid groups (broad SMARTS) is 1. The number of likely N-dealkylation sites (N-methyl/N-ethyl adjacent to an activating group) is 1. The van der Waals surface area contributed by atoms with Crippen LogP contribution < -0.4 is 10.1 Å². The van der Waals surface area contributed by atoms with Crippen molar-refractivity contribution in [1.29, 1.82) is 0 Å². The molecule has 0 unspecified atom stereocenters. The van der Waals surface area contributed by atoms with Crippen LogP contribution in [-0.2, 0) is 9.59 Å². The lowest BCUT2D eigenvalue weighted by Gasteiger charge is -2.35. The molecular formula is C21H25N3O4. The first-order chi connectivity index (χ1) is 13.5. The van der Waals surface area contributed by atoms with Gasteiger partial charge in [-0.25, -0.2) is 0 Å². The van der Waals surface area contributed by atoms with E-state index in [0.29, 0.717) is 24.5 Å². The number of nitrogens with one attached hydrogen (secondary N) is 1. The molecule has 0 radical (unpaired) electrons. The van der Waals surface area contributed by atoms with E-state index in [1.807, 2.05) is 42.3 Å². The zero-order valence-electron chi connectivity index (χ0n) is 15.9. The van der Waals surface area contributed by atoms with E-state index in [1.165, 1.54) is 0 Å². The Labute approximate surface area is 164 Å². The molecule has 0 aliphatic carbocycles. The zero-order chi connectivity index (χ0) is 19.9. The summed E-state index contributed by atoms with van der Waals surface area (Å²) in [5.74, 6) is 0.107. The Hall–Kier alpha value is -2.90. The minimum absolute atomic E-state index is 0.0820. The Bertz CT molecular complexity index is 787. The highest BCUT2D eigenvalue weighted by Gasteiger charge is 2.30. The van der Waals surface area contributed by atoms with Crippen LogP contribution in [0.3, 0.4) is 0 Å². The molecule has 2 aromatic rings. The third-order valence-electron chi connectivity index (χ3n) is 4.76. The molecule has 7 heteroatoms. The van der Waals surface area contributed by atoms with Crippen molar-refractivity contribution in [3.8, 4) is 11.5 Å². The Morgan fingerprint density at radius 2 is 1.61 bits per heavy atom. The van der Waals surface area contributed by atoms with Crippen LogP contribution in [0.5, 0.6) is 11.5 Å². The number of rotatable bonds is 7. The maximum absolute atomic E-state index is 12.4. The molecular weight excluding hydrogens is 358 g/mol. The smallest absolute Gasteiger partial charge is 0.321 e. The van der Waals surface area contributed by atoms with E-state index in [1.54, 1.807) is 24.3 Å². The van der Waals surface area contributed by atoms with E-state index >= 15 is 0 Å². The first-order valence-electron chi connectivity index (χ1n) is 9.29. The summed E-state index contributed by atoms with van der Waals surface area (Å²) >= 11 is 0. The first kappa shape index (κ1) is 19.9. The lowest BCUT2D eigenvalue weighted by Crippen LogP contribution is -2.52. The highest BCUT2D eigenvalue weighted by Crippen LogP contribution is 2.22. The van der Waals surface area contributed by atoms with E-state index < -0.39 is 12.0 Å². The van der Waals surface area contributed by atoms with Crippen LogP contribution >= 0.6 is 0 Å². The molecule has 0 bridgehead atoms. The highest BCUT2D eigenvalue weighted by molar-refractivity contribution is 5.94. The van der Waals surface area contributed by atoms with E-state index in [-0.39, 0.29) is 12.3 Å². The summed E-state index contributed by atoms with van der Waals surface area (Å²) in [7, 11) is 2.00. The normalized spacial score (nSPS) is 16.3. The van der Waals surface area contributed by atoms with Gasteiger partial charge < -0.3 is 20.1 Å². The number of hydrogen-bond acceptors (Lipinski definition) is 5. The van der Waals surface area contributed by atoms with Crippen LogP contribution in [0.1, 0.15) is 6.42 Å². The van der Waals surface area contributed by atoms with Crippen molar-refractivity contribution in [2.75, 3.05) is 38.5 Å². The van der Waals surface area contributed by atoms with Crippen LogP contribution in [0.4, 0.5) is 5.69 Å². The van der Waals surface area contributed by atoms with Crippen molar-refractivity contribution in [2.45, 2.75) is 12.5 Å². The van der Waals surface area contributed by atoms with Gasteiger partial charge in [-0.1, -0.05) is 18.2 Å². The Kier molecular flexibility index (Phi) is 6.62. The number of aliphatic carboxylic acids is 1. The number of amides is 1. The fourth-order valence-electron chi connectivity index (χ4n) is 3.12. The van der Waals surface area contributed by atoms with Gasteiger partial charge in [-0.15, -0.1) is 0 Å². The summed E-state index contributed by atoms with van der Waals surface area (Å²) in [5, 5.41) is 12.3. The SMILES string of the molecule is CN1CCN([C@H](CC(=O)Nc2ccc(Oc3ccccc3)cc2)C(=O)O)CC1. The van der Waals surface area contributed by atoms with Crippen LogP contribution in [0.25, 0.3) is 0 Å². The first-order valence-corrected chi connectivity index (χ1v) is 9.29. The van der Waals surface area contributed by atoms with Gasteiger partial charge in [-0.3, -0.25) is 14.5 Å². The van der Waals surface area contributed by atoms with Crippen LogP contribution in [0.2, 0.25) is 0 Å². The lowest BCUT2D eigenvalue weighted by molar-refractivity contribution is -0.145. The quantitative estimate of drug-likeness (QED) is 0.765. The second-order valence-corrected chi connectivity index (χ2v) is 6.89. The molecule has 1 heterocycles. The van der Waals surface area contributed by atoms with Crippen molar-refractivity contribution in [1.82, 2.24) is 9.80 Å². The molecule has 0 saturated carbocycles. The topological polar surface area (TPSA) is 82.1 Å². The molecule has 0 spiro atoms. The van der Waals surface area contributed by atoms with Crippen LogP contribution in [0, 0.1) is 0 Å². The summed E-state index contributed by atoms with van der Waals surface area (Å²) in [6.45, 7) is 2.89. The lowest BCUT2D eigenvalue weighted by atomic mass is 10.1. The Balaban J connectivity index is 1.55. The van der Waals surface area contributed by atoms with Gasteiger partial charge in [0.05, 0.1) is 6.42 Å². The molecule has 1 fully saturated rings. The predicted octanol–water partition coefficient (Wildman–Crippen LogP) is 2.51. The molecule has 2 aromatic carbocycles. The standard InChI is InChI=1S/C21H25N3O4/c1-23-11-13-24(14-12-23)19(21(26)27)15-20(25)22-16-7-9-18(10-8-16)28-17-5-3-2-4-6-17/h2-10,19H,11-15H2,1H3,(H,22,25)(H,26,27)/t19-/m1/s1. The largest absolute Gasteiger partial charge is 0.480 e. The number of carboxylic acids is 1. The minimum atomic E-state index is -0.966. The molecule has 28 heavy (non-hydrogen) atoms. The highest BCUT2D eigenvalue weighted by atomic mass is 16.5. The summed E-state index contributed by atoms with van der Waals surface area (Å²) in [4.78, 5) is 28.0. The summed E-state index contributed by atoms with van der Waals surface area (Å²) < 4.78 is 5.72. The van der Waals surface area contributed by atoms with Crippen molar-refractivity contribution < 1.29 is 19.4 Å². The van der Waals surface area contributed by atoms with Gasteiger partial charge >= 0.3 is 5.97 Å². The molecule has 3 rings (SSSR count). The predicted molar refractivity (Wildman–Crippen MR) is 107 cm³/mol. The number of piperazine rings is 1. The Morgan fingerprint density at radius 1 is 1.00 bits per heavy atom. The molecule has 0 aromatic heterocycles. The van der Waals surface area contributed by atoms with Gasteiger partial charge in [0.25, 0.3) is 0 Å². The average Bonchev–Trinajstić information content (AvgIpc) is 2.69. The number of benzene rings is 2. The number of carbonyl (C=O) groups is 2. The second-order valence-electron chi connectivity index (χ2n) is 6.89. The number of nitrogens with zero attached hydrogens (tertiary/aromatic N) is 2. The molecule has 1 saturated heterocycles. The zero-order valence-corrected chi connectivity index (χ0v) is 15.9. The van der Waals surface area contributed by atoms with Gasteiger partial charge in [0.1, 0.15) is 17.5 Å². The molecule has 1 aliphatic rings. The van der Waals surface area contributed by atoms with Gasteiger partial charge in [0.2, 0.25) is 5.91 Å². The number of para-hydroxylation sites is 1. The van der Waals surface area contributed by atoms with Crippen LogP contribution in [-0.4, -0.2) is 66.1 Å². The number of ether oxygens (including phenoxy) is 1. The van der Waals surface area contributed by atoms with E-state index in [0.717, 1.165) is 18.8 Å². The molecule has 7 nitrogen and oxygen atoms in total. The second kappa shape index (κ2) is 9.34. The van der Waals surface area contributed by atoms with Gasteiger partial charge in [0, 0.05) is 31.9 Å². The van der Waals surface area contributed by atoms with Crippen molar-refractivity contribution in [3.05, 3.63) is 54.6 Å². The van der Waals surface area contributed by atoms with Gasteiger partial charge in [0.15, 0.2) is 0 Å². The summed E-state index contributed by atoms with van der Waals surface area (Å²) in [5.41, 5.74) is 0.605. The third-order valence-corrected chi connectivity index (χ3v) is 4.76. The minimum Gasteiger partial charge on any atom is -0.480 e. The van der Waals surface area contributed by atoms with Gasteiger partial charge in [-0.05, 0) is 43.4 Å². The van der Waals surface area contributed by atoms with Crippen molar-refractivity contribution in [3.63, 3.8) is 0 Å². The van der Waals surface area contributed by atoms with Crippen LogP contribution in [0.15, 0.2) is 54.6 Å². The van der Waals surface area contributed by atoms with E-state index in [2.05, 4.69) is 10.2 Å². The van der Waals surface area contributed by atoms with Gasteiger partial charge in [-0.2, -0.15) is 0 Å². The molecule has 1 aliphatic heterocycles. The van der Waals surface area contributed by atoms with E-state index in [4.69, 9.17) is 4.74 Å². The third kappa shape index (κ3) is 5.55. The summed E-state index contributed by atoms with van der Waals surface area (Å²) in [6.07, 6.45) is -0.0820. The van der Waals surface area contributed by atoms with E-state index in [9.17, 15) is 14.7 Å². The Morgan fingerprint density at radius 3 is 2.21 bits per heavy atom. The average molecular weight is 383 g/mol. The molecule has 148 valence electrons. The molecule has 2 N–H and O–H groups in total. The van der Waals surface area contributed by atoms with Crippen molar-refractivity contribution >= 4 is 17.6 Å². The molecule has 1 amide bonds. The van der Waals surface area contributed by atoms with Crippen molar-refractivity contribution in [2.24, 2.45) is 0 Å². The fraction of sp³-hybridized carbons (Fsp3) is 0.333. The fourth-order valence-corrected chi connectivity index (χ4v) is 3.12. The number of carbonyl (C=O) groups excluding carboxylic acids is 1. The summed E-state index contributed by atoms with van der Waals surface area (Å²) in [6, 6.07) is 15.6. The number of anilines is 1. The molecule has 1 atom stereocenters. The number of hydrogen-bond donors (Lipinski definition) is 2. The maximum atomic E-state index is 12.4. The monoisotopic (exact) mass is 383 g/mol. The maximum Gasteiger partial charge on any atom is 0.321 e.